The van der Waals surface area contributed by atoms with Crippen LogP contribution < -0.4 is 20.8 Å². The summed E-state index contributed by atoms with van der Waals surface area (Å²) in [6.45, 7) is 2.99. The molecule has 4 atom stereocenters. The molecule has 1 aromatic heterocycles. The zero-order valence-electron chi connectivity index (χ0n) is 23.0. The predicted octanol–water partition coefficient (Wildman–Crippen LogP) is -3.24. The van der Waals surface area contributed by atoms with E-state index in [-0.39, 0.29) is 45.4 Å². The summed E-state index contributed by atoms with van der Waals surface area (Å²) in [5.74, 6) is -4.83. The van der Waals surface area contributed by atoms with Gasteiger partial charge in [-0.1, -0.05) is 13.8 Å². The van der Waals surface area contributed by atoms with E-state index in [4.69, 9.17) is 4.74 Å². The Bertz CT molecular complexity index is 1160. The van der Waals surface area contributed by atoms with Crippen LogP contribution in [-0.2, 0) is 35.8 Å². The quantitative estimate of drug-likeness (QED) is 0.279. The molecule has 0 radical (unpaired) electrons. The molecule has 14 nitrogen and oxygen atoms in total. The SMILES string of the molecule is COCC(=O)N[C@H]1C[C@@H](C(=O)[O-])N(C(=O)CC(C)(C)CC(=O)N2C[C@@H](NC(=O)c3cccn3C)C[C@H]2C(=O)[O-])C1. The highest BCUT2D eigenvalue weighted by molar-refractivity contribution is 5.93. The van der Waals surface area contributed by atoms with Gasteiger partial charge < -0.3 is 49.5 Å². The Morgan fingerprint density at radius 2 is 1.43 bits per heavy atom. The largest absolute Gasteiger partial charge is 0.548 e. The molecule has 0 spiro atoms. The van der Waals surface area contributed by atoms with E-state index < -0.39 is 65.1 Å². The number of rotatable bonds is 11. The van der Waals surface area contributed by atoms with Crippen molar-refractivity contribution in [3.63, 3.8) is 0 Å². The van der Waals surface area contributed by atoms with Crippen LogP contribution in [0.1, 0.15) is 50.0 Å². The standard InChI is InChI=1S/C26H37N5O9/c1-26(2,10-21(33)30-12-15(8-18(30)24(36)37)27-20(32)14-40-4)11-22(34)31-13-16(9-19(31)25(38)39)28-23(35)17-6-5-7-29(17)3/h5-7,15-16,18-19H,8-14H2,1-4H3,(H,27,32)(H,28,35)(H,36,37)(H,38,39)/p-2/t15-,16-,18-,19-/m0/s1. The highest BCUT2D eigenvalue weighted by Gasteiger charge is 2.41. The van der Waals surface area contributed by atoms with Gasteiger partial charge in [0.2, 0.25) is 17.7 Å². The highest BCUT2D eigenvalue weighted by Crippen LogP contribution is 2.31. The summed E-state index contributed by atoms with van der Waals surface area (Å²) in [7, 11) is 3.04. The summed E-state index contributed by atoms with van der Waals surface area (Å²) >= 11 is 0. The van der Waals surface area contributed by atoms with E-state index in [0.717, 1.165) is 9.80 Å². The van der Waals surface area contributed by atoms with Gasteiger partial charge in [0.25, 0.3) is 5.91 Å². The lowest BCUT2D eigenvalue weighted by Gasteiger charge is -2.32. The number of nitrogens with one attached hydrogen (secondary N) is 2. The van der Waals surface area contributed by atoms with E-state index >= 15 is 0 Å². The lowest BCUT2D eigenvalue weighted by molar-refractivity contribution is -0.311. The van der Waals surface area contributed by atoms with Crippen molar-refractivity contribution in [3.8, 4) is 0 Å². The number of methoxy groups -OCH3 is 1. The zero-order chi connectivity index (χ0) is 29.8. The van der Waals surface area contributed by atoms with Gasteiger partial charge in [-0.15, -0.1) is 0 Å². The summed E-state index contributed by atoms with van der Waals surface area (Å²) in [5.41, 5.74) is -0.588. The number of ether oxygens (including phenoxy) is 1. The maximum Gasteiger partial charge on any atom is 0.268 e. The van der Waals surface area contributed by atoms with Gasteiger partial charge in [-0.05, 0) is 30.4 Å². The monoisotopic (exact) mass is 561 g/mol. The third kappa shape index (κ3) is 7.37. The average molecular weight is 562 g/mol. The number of hydrogen-bond acceptors (Lipinski definition) is 9. The molecule has 2 fully saturated rings. The topological polar surface area (TPSA) is 193 Å². The number of aliphatic carboxylic acids is 2. The van der Waals surface area contributed by atoms with E-state index in [2.05, 4.69) is 10.6 Å². The molecule has 1 aromatic rings. The summed E-state index contributed by atoms with van der Waals surface area (Å²) in [6.07, 6.45) is 1.22. The summed E-state index contributed by atoms with van der Waals surface area (Å²) in [4.78, 5) is 76.6. The molecule has 2 saturated heterocycles. The van der Waals surface area contributed by atoms with Crippen LogP contribution in [0.5, 0.6) is 0 Å². The van der Waals surface area contributed by atoms with Gasteiger partial charge in [-0.25, -0.2) is 0 Å². The van der Waals surface area contributed by atoms with Crippen molar-refractivity contribution in [3.05, 3.63) is 24.0 Å². The molecule has 220 valence electrons. The number of likely N-dealkylation sites (tertiary alicyclic amines) is 2. The summed E-state index contributed by atoms with van der Waals surface area (Å²) in [6, 6.07) is -0.407. The first-order valence-electron chi connectivity index (χ1n) is 12.9. The van der Waals surface area contributed by atoms with E-state index in [9.17, 15) is 39.0 Å². The maximum absolute atomic E-state index is 13.2. The number of amides is 4. The fraction of sp³-hybridized carbons (Fsp3) is 0.615. The van der Waals surface area contributed by atoms with Crippen molar-refractivity contribution in [2.24, 2.45) is 12.5 Å². The molecule has 40 heavy (non-hydrogen) atoms. The molecule has 0 unspecified atom stereocenters. The lowest BCUT2D eigenvalue weighted by Crippen LogP contribution is -2.49. The molecule has 0 aliphatic carbocycles. The number of carboxylic acids is 2. The van der Waals surface area contributed by atoms with E-state index in [1.165, 1.54) is 7.11 Å². The van der Waals surface area contributed by atoms with Crippen LogP contribution >= 0.6 is 0 Å². The van der Waals surface area contributed by atoms with Crippen molar-refractivity contribution < 1.29 is 43.7 Å². The smallest absolute Gasteiger partial charge is 0.268 e. The van der Waals surface area contributed by atoms with Crippen molar-refractivity contribution in [2.45, 2.75) is 63.7 Å². The Labute approximate surface area is 231 Å². The second-order valence-corrected chi connectivity index (χ2v) is 11.1. The Balaban J connectivity index is 1.62. The lowest BCUT2D eigenvalue weighted by atomic mass is 9.84. The molecule has 0 saturated carbocycles. The number of aromatic nitrogens is 1. The van der Waals surface area contributed by atoms with Crippen LogP contribution in [0.15, 0.2) is 18.3 Å². The van der Waals surface area contributed by atoms with Gasteiger partial charge in [-0.3, -0.25) is 19.2 Å². The van der Waals surface area contributed by atoms with E-state index in [0.29, 0.717) is 5.69 Å². The second-order valence-electron chi connectivity index (χ2n) is 11.1. The van der Waals surface area contributed by atoms with Crippen molar-refractivity contribution in [1.29, 1.82) is 0 Å². The summed E-state index contributed by atoms with van der Waals surface area (Å²) < 4.78 is 6.37. The van der Waals surface area contributed by atoms with E-state index in [1.54, 1.807) is 43.8 Å². The number of nitrogens with zero attached hydrogens (tertiary/aromatic N) is 3. The average Bonchev–Trinajstić information content (AvgIpc) is 3.56. The van der Waals surface area contributed by atoms with Crippen molar-refractivity contribution in [2.75, 3.05) is 26.8 Å². The molecular formula is C26H35N5O9-2. The van der Waals surface area contributed by atoms with Crippen molar-refractivity contribution >= 4 is 35.6 Å². The van der Waals surface area contributed by atoms with Crippen LogP contribution in [0, 0.1) is 5.41 Å². The highest BCUT2D eigenvalue weighted by atomic mass is 16.5. The van der Waals surface area contributed by atoms with Crippen LogP contribution in [0.4, 0.5) is 0 Å². The first-order valence-corrected chi connectivity index (χ1v) is 12.9. The second kappa shape index (κ2) is 12.5. The molecular weight excluding hydrogens is 526 g/mol. The zero-order valence-corrected chi connectivity index (χ0v) is 23.0. The molecule has 2 aliphatic rings. The number of aryl methyl sites for hydroxylation is 1. The van der Waals surface area contributed by atoms with Gasteiger partial charge in [0.15, 0.2) is 0 Å². The Kier molecular flexibility index (Phi) is 9.56. The number of hydrogen-bond donors (Lipinski definition) is 2. The molecule has 2 aliphatic heterocycles. The molecule has 14 heteroatoms. The third-order valence-electron chi connectivity index (χ3n) is 7.20. The molecule has 4 amide bonds. The minimum Gasteiger partial charge on any atom is -0.548 e. The molecule has 3 heterocycles. The number of carbonyl (C=O) groups is 6. The molecule has 3 rings (SSSR count). The number of carboxylic acid groups (broad SMARTS) is 2. The minimum atomic E-state index is -1.46. The fourth-order valence-corrected chi connectivity index (χ4v) is 5.32. The number of carbonyl (C=O) groups excluding carboxylic acids is 6. The van der Waals surface area contributed by atoms with Gasteiger partial charge in [0, 0.05) is 58.4 Å². The maximum atomic E-state index is 13.2. The van der Waals surface area contributed by atoms with Crippen LogP contribution in [0.2, 0.25) is 0 Å². The summed E-state index contributed by atoms with van der Waals surface area (Å²) in [5, 5.41) is 28.9. The Morgan fingerprint density at radius 3 is 1.85 bits per heavy atom. The van der Waals surface area contributed by atoms with Gasteiger partial charge in [0.1, 0.15) is 12.3 Å². The first kappa shape index (κ1) is 30.6. The van der Waals surface area contributed by atoms with Gasteiger partial charge in [0.05, 0.1) is 24.0 Å². The van der Waals surface area contributed by atoms with Gasteiger partial charge in [-0.2, -0.15) is 0 Å². The van der Waals surface area contributed by atoms with Gasteiger partial charge >= 0.3 is 0 Å². The normalized spacial score (nSPS) is 22.7. The molecule has 2 N–H and O–H groups in total. The van der Waals surface area contributed by atoms with Crippen LogP contribution in [-0.4, -0.2) is 101 Å². The Morgan fingerprint density at radius 1 is 0.925 bits per heavy atom. The molecule has 0 bridgehead atoms. The fourth-order valence-electron chi connectivity index (χ4n) is 5.32. The Hall–Kier alpha value is -3.94. The van der Waals surface area contributed by atoms with Crippen molar-refractivity contribution in [1.82, 2.24) is 25.0 Å². The minimum absolute atomic E-state index is 0.0269. The first-order chi connectivity index (χ1) is 18.7. The third-order valence-corrected chi connectivity index (χ3v) is 7.20. The predicted molar refractivity (Wildman–Crippen MR) is 134 cm³/mol. The van der Waals surface area contributed by atoms with Crippen LogP contribution in [0.25, 0.3) is 0 Å². The molecule has 0 aromatic carbocycles. The van der Waals surface area contributed by atoms with Crippen LogP contribution in [0.3, 0.4) is 0 Å². The van der Waals surface area contributed by atoms with E-state index in [1.807, 2.05) is 0 Å².